The largest absolute Gasteiger partial charge is 0.509 e. The Morgan fingerprint density at radius 1 is 0.514 bits per heavy atom. The molecule has 0 fully saturated rings. The molecule has 0 saturated heterocycles. The van der Waals surface area contributed by atoms with E-state index in [9.17, 15) is 1.37 Å². The zero-order valence-corrected chi connectivity index (χ0v) is 44.5. The van der Waals surface area contributed by atoms with Crippen LogP contribution in [-0.2, 0) is 37.3 Å². The molecule has 72 heavy (non-hydrogen) atoms. The quantitative estimate of drug-likeness (QED) is 0.142. The van der Waals surface area contributed by atoms with Crippen LogP contribution in [0.25, 0.3) is 61.0 Å². The van der Waals surface area contributed by atoms with Gasteiger partial charge < -0.3 is 19.1 Å². The van der Waals surface area contributed by atoms with Crippen molar-refractivity contribution in [2.75, 3.05) is 9.80 Å². The van der Waals surface area contributed by atoms with Gasteiger partial charge in [0.2, 0.25) is 0 Å². The SMILES string of the molecule is [2H]c1nc(-n2c3[c-]c(Oc4[c-]c(N5[CH-]N(c6c(-c7cccc(-c8ccccc8)c7)cccc6-c6cc(C(C)(C)C)cc(C(C)(C)C)c6)c6ccccc65)ccc4)ccc3c3ccccc32)c([2H])c(C(C)(C)C)c1[2H].[Pt]. The van der Waals surface area contributed by atoms with Crippen molar-refractivity contribution in [1.82, 2.24) is 9.55 Å². The average molecular weight is 1120 g/mol. The number of pyridine rings is 1. The van der Waals surface area contributed by atoms with Crippen molar-refractivity contribution in [3.05, 3.63) is 224 Å². The van der Waals surface area contributed by atoms with E-state index in [0.717, 1.165) is 72.4 Å². The maximum Gasteiger partial charge on any atom is 0.135 e. The van der Waals surface area contributed by atoms with Crippen LogP contribution < -0.4 is 14.5 Å². The zero-order chi connectivity index (χ0) is 51.8. The van der Waals surface area contributed by atoms with E-state index in [1.165, 1.54) is 11.1 Å². The van der Waals surface area contributed by atoms with Crippen molar-refractivity contribution in [2.24, 2.45) is 0 Å². The summed E-state index contributed by atoms with van der Waals surface area (Å²) < 4.78 is 35.4. The molecular weight excluding hydrogens is 1060 g/mol. The van der Waals surface area contributed by atoms with Gasteiger partial charge >= 0.3 is 0 Å². The Bertz CT molecular complexity index is 3780. The molecule has 3 heterocycles. The minimum Gasteiger partial charge on any atom is -0.509 e. The Morgan fingerprint density at radius 3 is 1.83 bits per heavy atom. The number of ether oxygens (including phenoxy) is 1. The van der Waals surface area contributed by atoms with E-state index >= 15 is 0 Å². The number of hydrogen-bond acceptors (Lipinski definition) is 4. The molecule has 0 radical (unpaired) electrons. The fourth-order valence-electron chi connectivity index (χ4n) is 9.59. The van der Waals surface area contributed by atoms with Gasteiger partial charge in [0.1, 0.15) is 5.82 Å². The Kier molecular flexibility index (Phi) is 11.7. The number of rotatable bonds is 8. The molecule has 0 amide bonds. The molecule has 1 aliphatic rings. The molecule has 0 spiro atoms. The van der Waals surface area contributed by atoms with E-state index in [1.807, 2.05) is 73.9 Å². The Morgan fingerprint density at radius 2 is 1.11 bits per heavy atom. The molecule has 2 aromatic heterocycles. The van der Waals surface area contributed by atoms with E-state index in [-0.39, 0.29) is 56.0 Å². The van der Waals surface area contributed by atoms with Crippen LogP contribution in [0.2, 0.25) is 0 Å². The van der Waals surface area contributed by atoms with Gasteiger partial charge in [-0.15, -0.1) is 48.1 Å². The fraction of sp³-hybridized carbons (Fsp3) is 0.182. The van der Waals surface area contributed by atoms with Crippen molar-refractivity contribution in [2.45, 2.75) is 78.6 Å². The van der Waals surface area contributed by atoms with Gasteiger partial charge in [0, 0.05) is 72.4 Å². The van der Waals surface area contributed by atoms with Gasteiger partial charge in [0.15, 0.2) is 0 Å². The molecule has 6 heteroatoms. The summed E-state index contributed by atoms with van der Waals surface area (Å²) in [5.74, 6) is 1.23. The molecule has 0 saturated carbocycles. The second-order valence-corrected chi connectivity index (χ2v) is 21.7. The fourth-order valence-corrected chi connectivity index (χ4v) is 9.59. The molecule has 1 aliphatic heterocycles. The Hall–Kier alpha value is -7.20. The third-order valence-electron chi connectivity index (χ3n) is 13.5. The topological polar surface area (TPSA) is 33.5 Å². The van der Waals surface area contributed by atoms with Crippen molar-refractivity contribution in [1.29, 1.82) is 0 Å². The van der Waals surface area contributed by atoms with Gasteiger partial charge in [-0.2, -0.15) is 12.1 Å². The van der Waals surface area contributed by atoms with Crippen LogP contribution in [0.3, 0.4) is 0 Å². The van der Waals surface area contributed by atoms with Gasteiger partial charge in [-0.25, -0.2) is 4.98 Å². The molecule has 0 atom stereocenters. The Balaban J connectivity index is 0.00000641. The summed E-state index contributed by atoms with van der Waals surface area (Å²) in [5, 5.41) is 1.86. The molecule has 11 rings (SSSR count). The predicted molar refractivity (Wildman–Crippen MR) is 297 cm³/mol. The van der Waals surface area contributed by atoms with Gasteiger partial charge in [-0.05, 0) is 96.9 Å². The van der Waals surface area contributed by atoms with Crippen LogP contribution in [0.15, 0.2) is 188 Å². The normalized spacial score (nSPS) is 13.4. The number of anilines is 4. The second kappa shape index (κ2) is 18.8. The van der Waals surface area contributed by atoms with Crippen LogP contribution in [0.5, 0.6) is 11.5 Å². The third kappa shape index (κ3) is 9.16. The molecule has 0 aliphatic carbocycles. The van der Waals surface area contributed by atoms with Gasteiger partial charge in [0.25, 0.3) is 0 Å². The van der Waals surface area contributed by atoms with Gasteiger partial charge in [-0.3, -0.25) is 0 Å². The standard InChI is InChI=1S/C66H59N4O.Pt/c1-64(2,3)48-34-35-67-62(40-48)70-58-29-14-13-26-56(58)57-33-32-53(42-61(57)70)71-52-25-18-24-51(41-52)68-43-69(60-31-16-15-30-59(60)68)63-54(46-23-17-22-45(36-46)44-20-11-10-12-21-44)27-19-28-55(63)47-37-49(65(4,5)6)39-50(38-47)66(7,8)9;/h10-40,43H,1-9H3;/q-3;/i34D,35D,40D;. The molecule has 10 aromatic rings. The van der Waals surface area contributed by atoms with Crippen molar-refractivity contribution >= 4 is 44.6 Å². The first-order chi connectivity index (χ1) is 35.3. The number of para-hydroxylation sites is 4. The molecule has 0 unspecified atom stereocenters. The van der Waals surface area contributed by atoms with E-state index in [1.54, 1.807) is 0 Å². The smallest absolute Gasteiger partial charge is 0.135 e. The summed E-state index contributed by atoms with van der Waals surface area (Å²) in [6, 6.07) is 66.8. The average Bonchev–Trinajstić information content (AvgIpc) is 3.93. The monoisotopic (exact) mass is 1120 g/mol. The number of hydrogen-bond donors (Lipinski definition) is 0. The molecule has 8 aromatic carbocycles. The van der Waals surface area contributed by atoms with Crippen molar-refractivity contribution in [3.8, 4) is 50.7 Å². The van der Waals surface area contributed by atoms with E-state index in [2.05, 4.69) is 196 Å². The predicted octanol–water partition coefficient (Wildman–Crippen LogP) is 17.9. The summed E-state index contributed by atoms with van der Waals surface area (Å²) in [4.78, 5) is 9.09. The minimum absolute atomic E-state index is 0. The van der Waals surface area contributed by atoms with E-state index < -0.39 is 5.41 Å². The van der Waals surface area contributed by atoms with Crippen LogP contribution in [-0.4, -0.2) is 9.55 Å². The third-order valence-corrected chi connectivity index (χ3v) is 13.5. The summed E-state index contributed by atoms with van der Waals surface area (Å²) in [5.41, 5.74) is 14.5. The first-order valence-corrected chi connectivity index (χ1v) is 24.5. The molecule has 362 valence electrons. The van der Waals surface area contributed by atoms with Crippen LogP contribution in [0, 0.1) is 18.8 Å². The molecular formula is C66H59N4OPt-3. The maximum atomic E-state index is 9.39. The summed E-state index contributed by atoms with van der Waals surface area (Å²) in [7, 11) is 0. The summed E-state index contributed by atoms with van der Waals surface area (Å²) in [6.07, 6.45) is -0.175. The van der Waals surface area contributed by atoms with E-state index in [4.69, 9.17) is 7.48 Å². The summed E-state index contributed by atoms with van der Waals surface area (Å²) >= 11 is 0. The van der Waals surface area contributed by atoms with Crippen molar-refractivity contribution < 1.29 is 29.9 Å². The molecule has 0 bridgehead atoms. The number of fused-ring (bicyclic) bond motifs is 4. The van der Waals surface area contributed by atoms with Crippen LogP contribution in [0.4, 0.5) is 22.7 Å². The number of nitrogens with zero attached hydrogens (tertiary/aromatic N) is 4. The number of aromatic nitrogens is 2. The van der Waals surface area contributed by atoms with Crippen LogP contribution >= 0.6 is 0 Å². The zero-order valence-electron chi connectivity index (χ0n) is 45.3. The van der Waals surface area contributed by atoms with Gasteiger partial charge in [0.05, 0.1) is 4.11 Å². The van der Waals surface area contributed by atoms with Crippen molar-refractivity contribution in [3.63, 3.8) is 0 Å². The van der Waals surface area contributed by atoms with Crippen LogP contribution in [0.1, 0.15) is 83.1 Å². The second-order valence-electron chi connectivity index (χ2n) is 21.7. The molecule has 5 nitrogen and oxygen atoms in total. The van der Waals surface area contributed by atoms with E-state index in [0.29, 0.717) is 22.6 Å². The minimum atomic E-state index is -0.558. The van der Waals surface area contributed by atoms with Gasteiger partial charge in [-0.1, -0.05) is 183 Å². The maximum absolute atomic E-state index is 9.39. The first kappa shape index (κ1) is 44.7. The molecule has 0 N–H and O–H groups in total. The number of benzene rings is 8. The summed E-state index contributed by atoms with van der Waals surface area (Å²) in [6.45, 7) is 21.8. The Labute approximate surface area is 444 Å². The first-order valence-electron chi connectivity index (χ1n) is 26.0.